The molecule has 0 saturated carbocycles. The van der Waals surface area contributed by atoms with Gasteiger partial charge in [0.2, 0.25) is 0 Å². The molecule has 0 radical (unpaired) electrons. The first kappa shape index (κ1) is 16.1. The molecule has 1 heterocycles. The molecule has 1 amide bonds. The van der Waals surface area contributed by atoms with Crippen molar-refractivity contribution in [3.63, 3.8) is 0 Å². The van der Waals surface area contributed by atoms with Crippen LogP contribution in [0.3, 0.4) is 0 Å². The summed E-state index contributed by atoms with van der Waals surface area (Å²) in [6.45, 7) is 0. The highest BCUT2D eigenvalue weighted by molar-refractivity contribution is 6.06. The number of aromatic hydroxyl groups is 1. The molecule has 1 aliphatic carbocycles. The van der Waals surface area contributed by atoms with Crippen molar-refractivity contribution in [1.29, 1.82) is 0 Å². The third-order valence-corrected chi connectivity index (χ3v) is 4.54. The van der Waals surface area contributed by atoms with Crippen molar-refractivity contribution < 1.29 is 14.4 Å². The Bertz CT molecular complexity index is 1040. The maximum absolute atomic E-state index is 12.6. The maximum atomic E-state index is 12.6. The number of hydrogen-bond acceptors (Lipinski definition) is 5. The van der Waals surface area contributed by atoms with E-state index in [1.807, 2.05) is 0 Å². The summed E-state index contributed by atoms with van der Waals surface area (Å²) in [5, 5.41) is 16.6. The van der Waals surface area contributed by atoms with Gasteiger partial charge in [-0.3, -0.25) is 14.3 Å². The Hall–Kier alpha value is -3.35. The second-order valence-electron chi connectivity index (χ2n) is 6.32. The monoisotopic (exact) mass is 351 g/mol. The minimum absolute atomic E-state index is 0.0138. The number of phenols is 1. The van der Waals surface area contributed by atoms with Crippen LogP contribution in [0, 0.1) is 0 Å². The third-order valence-electron chi connectivity index (χ3n) is 4.54. The first-order valence-corrected chi connectivity index (χ1v) is 8.43. The second kappa shape index (κ2) is 6.51. The Morgan fingerprint density at radius 3 is 2.65 bits per heavy atom. The van der Waals surface area contributed by atoms with Crippen molar-refractivity contribution in [2.75, 3.05) is 5.32 Å². The summed E-state index contributed by atoms with van der Waals surface area (Å²) in [4.78, 5) is 26.2. The van der Waals surface area contributed by atoms with Gasteiger partial charge in [-0.15, -0.1) is 0 Å². The molecule has 132 valence electrons. The number of carbonyl (C=O) groups excluding carboxylic acids is 1. The maximum Gasteiger partial charge on any atom is 0.439 e. The van der Waals surface area contributed by atoms with Gasteiger partial charge in [-0.25, -0.2) is 4.79 Å². The van der Waals surface area contributed by atoms with E-state index in [9.17, 15) is 14.7 Å². The van der Waals surface area contributed by atoms with Gasteiger partial charge in [0, 0.05) is 11.3 Å². The number of nitrogens with zero attached hydrogens (tertiary/aromatic N) is 1. The van der Waals surface area contributed by atoms with Gasteiger partial charge in [-0.05, 0) is 61.1 Å². The van der Waals surface area contributed by atoms with Crippen LogP contribution in [0.25, 0.3) is 11.4 Å². The number of nitrogens with one attached hydrogen (secondary N) is 2. The van der Waals surface area contributed by atoms with Crippen molar-refractivity contribution in [2.24, 2.45) is 0 Å². The Morgan fingerprint density at radius 1 is 1.15 bits per heavy atom. The van der Waals surface area contributed by atoms with Gasteiger partial charge in [0.15, 0.2) is 5.82 Å². The average molecular weight is 351 g/mol. The van der Waals surface area contributed by atoms with Crippen LogP contribution >= 0.6 is 0 Å². The minimum Gasteiger partial charge on any atom is -0.507 e. The van der Waals surface area contributed by atoms with Gasteiger partial charge in [0.25, 0.3) is 5.91 Å². The van der Waals surface area contributed by atoms with Crippen molar-refractivity contribution in [3.8, 4) is 17.1 Å². The smallest absolute Gasteiger partial charge is 0.439 e. The highest BCUT2D eigenvalue weighted by Crippen LogP contribution is 2.29. The zero-order valence-corrected chi connectivity index (χ0v) is 13.9. The van der Waals surface area contributed by atoms with Crippen LogP contribution < -0.4 is 11.1 Å². The van der Waals surface area contributed by atoms with Crippen molar-refractivity contribution in [1.82, 2.24) is 10.1 Å². The average Bonchev–Trinajstić information content (AvgIpc) is 3.08. The van der Waals surface area contributed by atoms with Crippen molar-refractivity contribution >= 4 is 11.6 Å². The highest BCUT2D eigenvalue weighted by atomic mass is 16.5. The van der Waals surface area contributed by atoms with Crippen LogP contribution in [0.1, 0.15) is 34.3 Å². The molecule has 26 heavy (non-hydrogen) atoms. The molecule has 2 aromatic carbocycles. The normalized spacial score (nSPS) is 13.2. The predicted molar refractivity (Wildman–Crippen MR) is 95.3 cm³/mol. The lowest BCUT2D eigenvalue weighted by molar-refractivity contribution is 0.102. The summed E-state index contributed by atoms with van der Waals surface area (Å²) < 4.78 is 4.50. The molecule has 0 spiro atoms. The van der Waals surface area contributed by atoms with Crippen LogP contribution in [0.5, 0.6) is 5.75 Å². The fourth-order valence-corrected chi connectivity index (χ4v) is 3.25. The quantitative estimate of drug-likeness (QED) is 0.672. The lowest BCUT2D eigenvalue weighted by atomic mass is 9.90. The molecular formula is C19H17N3O4. The summed E-state index contributed by atoms with van der Waals surface area (Å²) in [7, 11) is 0. The van der Waals surface area contributed by atoms with E-state index in [2.05, 4.69) is 20.0 Å². The largest absolute Gasteiger partial charge is 0.507 e. The number of fused-ring (bicyclic) bond motifs is 1. The Balaban J connectivity index is 1.60. The fraction of sp³-hybridized carbons (Fsp3) is 0.211. The lowest BCUT2D eigenvalue weighted by Crippen LogP contribution is -2.14. The molecular weight excluding hydrogens is 334 g/mol. The molecule has 3 aromatic rings. The fourth-order valence-electron chi connectivity index (χ4n) is 3.25. The van der Waals surface area contributed by atoms with Gasteiger partial charge < -0.3 is 10.4 Å². The standard InChI is InChI=1S/C19H17N3O4/c23-16-10-12-5-2-1-4-11(12)9-15(16)18(24)20-14-7-3-6-13(8-14)17-21-19(25)26-22-17/h3,6-10,23H,1-2,4-5H2,(H,20,24)(H,21,22,25). The number of aryl methyl sites for hydroxylation is 2. The van der Waals surface area contributed by atoms with E-state index in [0.29, 0.717) is 11.3 Å². The van der Waals surface area contributed by atoms with Crippen molar-refractivity contribution in [3.05, 3.63) is 63.6 Å². The number of aromatic nitrogens is 2. The highest BCUT2D eigenvalue weighted by Gasteiger charge is 2.18. The summed E-state index contributed by atoms with van der Waals surface area (Å²) in [5.41, 5.74) is 3.61. The van der Waals surface area contributed by atoms with Crippen molar-refractivity contribution in [2.45, 2.75) is 25.7 Å². The van der Waals surface area contributed by atoms with Crippen LogP contribution in [0.15, 0.2) is 45.7 Å². The predicted octanol–water partition coefficient (Wildman–Crippen LogP) is 2.87. The molecule has 1 aliphatic rings. The molecule has 7 nitrogen and oxygen atoms in total. The third kappa shape index (κ3) is 3.11. The van der Waals surface area contributed by atoms with Gasteiger partial charge >= 0.3 is 5.76 Å². The number of benzene rings is 2. The van der Waals surface area contributed by atoms with Gasteiger partial charge in [0.1, 0.15) is 5.75 Å². The minimum atomic E-state index is -0.645. The van der Waals surface area contributed by atoms with E-state index in [4.69, 9.17) is 0 Å². The SMILES string of the molecule is O=C(Nc1cccc(-c2noc(=O)[nH]2)c1)c1cc2c(cc1O)CCCC2. The molecule has 0 fully saturated rings. The number of rotatable bonds is 3. The van der Waals surface area contributed by atoms with Gasteiger partial charge in [0.05, 0.1) is 5.56 Å². The number of hydrogen-bond donors (Lipinski definition) is 3. The molecule has 0 atom stereocenters. The first-order valence-electron chi connectivity index (χ1n) is 8.43. The van der Waals surface area contributed by atoms with Crippen LogP contribution in [0.2, 0.25) is 0 Å². The van der Waals surface area contributed by atoms with E-state index in [0.717, 1.165) is 36.8 Å². The number of H-pyrrole nitrogens is 1. The number of aromatic amines is 1. The Labute approximate surface area is 148 Å². The lowest BCUT2D eigenvalue weighted by Gasteiger charge is -2.17. The van der Waals surface area contributed by atoms with E-state index in [1.54, 1.807) is 36.4 Å². The summed E-state index contributed by atoms with van der Waals surface area (Å²) in [6, 6.07) is 10.3. The van der Waals surface area contributed by atoms with E-state index >= 15 is 0 Å². The van der Waals surface area contributed by atoms with Gasteiger partial charge in [-0.1, -0.05) is 17.3 Å². The molecule has 4 rings (SSSR count). The summed E-state index contributed by atoms with van der Waals surface area (Å²) >= 11 is 0. The van der Waals surface area contributed by atoms with E-state index in [1.165, 1.54) is 0 Å². The summed E-state index contributed by atoms with van der Waals surface area (Å²) in [6.07, 6.45) is 4.05. The molecule has 0 bridgehead atoms. The van der Waals surface area contributed by atoms with Crippen LogP contribution in [-0.2, 0) is 12.8 Å². The number of phenolic OH excluding ortho intramolecular Hbond substituents is 1. The van der Waals surface area contributed by atoms with E-state index in [-0.39, 0.29) is 23.0 Å². The molecule has 0 saturated heterocycles. The van der Waals surface area contributed by atoms with Crippen LogP contribution in [-0.4, -0.2) is 21.2 Å². The molecule has 3 N–H and O–H groups in total. The first-order chi connectivity index (χ1) is 12.6. The number of carbonyl (C=O) groups is 1. The number of amides is 1. The Kier molecular flexibility index (Phi) is 4.04. The number of anilines is 1. The molecule has 1 aromatic heterocycles. The Morgan fingerprint density at radius 2 is 1.92 bits per heavy atom. The molecule has 0 aliphatic heterocycles. The second-order valence-corrected chi connectivity index (χ2v) is 6.32. The summed E-state index contributed by atoms with van der Waals surface area (Å²) in [5.74, 6) is -0.766. The zero-order valence-electron chi connectivity index (χ0n) is 13.9. The van der Waals surface area contributed by atoms with E-state index < -0.39 is 5.76 Å². The van der Waals surface area contributed by atoms with Crippen LogP contribution in [0.4, 0.5) is 5.69 Å². The molecule has 0 unspecified atom stereocenters. The molecule has 7 heteroatoms. The van der Waals surface area contributed by atoms with Gasteiger partial charge in [-0.2, -0.15) is 0 Å². The topological polar surface area (TPSA) is 108 Å². The zero-order chi connectivity index (χ0) is 18.1.